The Morgan fingerprint density at radius 2 is 2.14 bits per heavy atom. The van der Waals surface area contributed by atoms with E-state index in [1.54, 1.807) is 37.7 Å². The molecule has 106 valence electrons. The second-order valence-electron chi connectivity index (χ2n) is 4.37. The number of hydrogen-bond acceptors (Lipinski definition) is 7. The van der Waals surface area contributed by atoms with Crippen LogP contribution in [-0.2, 0) is 6.42 Å². The lowest BCUT2D eigenvalue weighted by molar-refractivity contribution is 0.397. The Balaban J connectivity index is 1.78. The number of ether oxygens (including phenoxy) is 1. The van der Waals surface area contributed by atoms with Gasteiger partial charge in [-0.05, 0) is 17.7 Å². The second-order valence-corrected chi connectivity index (χ2v) is 4.37. The molecule has 0 atom stereocenters. The highest BCUT2D eigenvalue weighted by Gasteiger charge is 2.10. The van der Waals surface area contributed by atoms with Crippen LogP contribution in [0.25, 0.3) is 11.5 Å². The summed E-state index contributed by atoms with van der Waals surface area (Å²) in [6.45, 7) is 0. The number of anilines is 1. The fourth-order valence-corrected chi connectivity index (χ4v) is 1.84. The van der Waals surface area contributed by atoms with Crippen molar-refractivity contribution < 1.29 is 9.26 Å². The number of methoxy groups -OCH3 is 1. The number of hydrogen-bond donors (Lipinski definition) is 1. The van der Waals surface area contributed by atoms with E-state index in [9.17, 15) is 0 Å². The van der Waals surface area contributed by atoms with Crippen molar-refractivity contribution >= 4 is 5.82 Å². The molecule has 3 heterocycles. The monoisotopic (exact) mass is 283 g/mol. The Morgan fingerprint density at radius 1 is 1.24 bits per heavy atom. The van der Waals surface area contributed by atoms with Gasteiger partial charge in [-0.25, -0.2) is 9.97 Å². The van der Waals surface area contributed by atoms with Crippen molar-refractivity contribution in [1.82, 2.24) is 20.1 Å². The fraction of sp³-hybridized carbons (Fsp3) is 0.143. The predicted octanol–water partition coefficient (Wildman–Crippen LogP) is 1.71. The SMILES string of the molecule is COc1ccc(Cc2noc(-c3ccnc(N)c3)n2)cn1. The van der Waals surface area contributed by atoms with Gasteiger partial charge in [0, 0.05) is 30.4 Å². The lowest BCUT2D eigenvalue weighted by Crippen LogP contribution is -1.94. The van der Waals surface area contributed by atoms with Crippen molar-refractivity contribution in [3.8, 4) is 17.3 Å². The molecule has 0 aliphatic rings. The average Bonchev–Trinajstić information content (AvgIpc) is 2.97. The first-order valence-corrected chi connectivity index (χ1v) is 6.28. The first-order valence-electron chi connectivity index (χ1n) is 6.28. The molecule has 0 bridgehead atoms. The van der Waals surface area contributed by atoms with E-state index in [1.165, 1.54) is 0 Å². The van der Waals surface area contributed by atoms with E-state index in [0.717, 1.165) is 11.1 Å². The molecular weight excluding hydrogens is 270 g/mol. The highest BCUT2D eigenvalue weighted by atomic mass is 16.5. The molecule has 0 saturated carbocycles. The molecule has 21 heavy (non-hydrogen) atoms. The van der Waals surface area contributed by atoms with Gasteiger partial charge in [-0.1, -0.05) is 11.2 Å². The first-order chi connectivity index (χ1) is 10.2. The molecule has 0 aliphatic heterocycles. The van der Waals surface area contributed by atoms with Gasteiger partial charge in [0.25, 0.3) is 5.89 Å². The number of pyridine rings is 2. The van der Waals surface area contributed by atoms with Crippen molar-refractivity contribution in [2.45, 2.75) is 6.42 Å². The van der Waals surface area contributed by atoms with Gasteiger partial charge < -0.3 is 15.0 Å². The van der Waals surface area contributed by atoms with Gasteiger partial charge >= 0.3 is 0 Å². The number of nitrogens with two attached hydrogens (primary N) is 1. The smallest absolute Gasteiger partial charge is 0.258 e. The van der Waals surface area contributed by atoms with Crippen molar-refractivity contribution in [1.29, 1.82) is 0 Å². The lowest BCUT2D eigenvalue weighted by atomic mass is 10.2. The molecule has 3 rings (SSSR count). The Hall–Kier alpha value is -2.96. The van der Waals surface area contributed by atoms with Crippen LogP contribution in [0.15, 0.2) is 41.2 Å². The van der Waals surface area contributed by atoms with Crippen molar-refractivity contribution in [2.24, 2.45) is 0 Å². The zero-order valence-corrected chi connectivity index (χ0v) is 11.4. The van der Waals surface area contributed by atoms with Gasteiger partial charge in [0.15, 0.2) is 5.82 Å². The second kappa shape index (κ2) is 5.58. The summed E-state index contributed by atoms with van der Waals surface area (Å²) in [6.07, 6.45) is 3.85. The third kappa shape index (κ3) is 2.97. The maximum Gasteiger partial charge on any atom is 0.258 e. The zero-order chi connectivity index (χ0) is 14.7. The Kier molecular flexibility index (Phi) is 3.46. The molecule has 3 aromatic rings. The molecule has 0 aromatic carbocycles. The Labute approximate surface area is 120 Å². The minimum Gasteiger partial charge on any atom is -0.481 e. The summed E-state index contributed by atoms with van der Waals surface area (Å²) in [5, 5.41) is 3.95. The van der Waals surface area contributed by atoms with Gasteiger partial charge in [-0.2, -0.15) is 4.98 Å². The van der Waals surface area contributed by atoms with Crippen molar-refractivity contribution in [3.63, 3.8) is 0 Å². The molecule has 0 saturated heterocycles. The van der Waals surface area contributed by atoms with E-state index in [4.69, 9.17) is 15.0 Å². The molecule has 7 heteroatoms. The molecule has 0 spiro atoms. The quantitative estimate of drug-likeness (QED) is 0.777. The maximum absolute atomic E-state index is 5.63. The molecule has 0 radical (unpaired) electrons. The molecule has 2 N–H and O–H groups in total. The van der Waals surface area contributed by atoms with Gasteiger partial charge in [0.2, 0.25) is 5.88 Å². The fourth-order valence-electron chi connectivity index (χ4n) is 1.84. The molecule has 0 unspecified atom stereocenters. The highest BCUT2D eigenvalue weighted by molar-refractivity contribution is 5.56. The first kappa shape index (κ1) is 13.0. The van der Waals surface area contributed by atoms with Crippen LogP contribution in [0.2, 0.25) is 0 Å². The number of nitrogen functional groups attached to an aromatic ring is 1. The largest absolute Gasteiger partial charge is 0.481 e. The molecular formula is C14H13N5O2. The lowest BCUT2D eigenvalue weighted by Gasteiger charge is -1.99. The van der Waals surface area contributed by atoms with Crippen LogP contribution in [0, 0.1) is 0 Å². The summed E-state index contributed by atoms with van der Waals surface area (Å²) in [7, 11) is 1.58. The Bertz CT molecular complexity index is 739. The van der Waals surface area contributed by atoms with E-state index in [-0.39, 0.29) is 0 Å². The predicted molar refractivity (Wildman–Crippen MR) is 75.5 cm³/mol. The molecule has 0 fully saturated rings. The standard InChI is InChI=1S/C14H13N5O2/c1-20-13-3-2-9(8-17-13)6-12-18-14(21-19-12)10-4-5-16-11(15)7-10/h2-5,7-8H,6H2,1H3,(H2,15,16). The average molecular weight is 283 g/mol. The van der Waals surface area contributed by atoms with E-state index < -0.39 is 0 Å². The van der Waals surface area contributed by atoms with Gasteiger partial charge in [-0.3, -0.25) is 0 Å². The maximum atomic E-state index is 5.63. The van der Waals surface area contributed by atoms with Crippen molar-refractivity contribution in [2.75, 3.05) is 12.8 Å². The van der Waals surface area contributed by atoms with E-state index in [1.807, 2.05) is 6.07 Å². The van der Waals surface area contributed by atoms with Gasteiger partial charge in [0.1, 0.15) is 5.82 Å². The topological polar surface area (TPSA) is 100.0 Å². The van der Waals surface area contributed by atoms with E-state index >= 15 is 0 Å². The summed E-state index contributed by atoms with van der Waals surface area (Å²) in [5.74, 6) is 1.97. The summed E-state index contributed by atoms with van der Waals surface area (Å²) in [5.41, 5.74) is 7.35. The van der Waals surface area contributed by atoms with Crippen LogP contribution >= 0.6 is 0 Å². The normalized spacial score (nSPS) is 10.5. The molecule has 7 nitrogen and oxygen atoms in total. The number of aromatic nitrogens is 4. The van der Waals surface area contributed by atoms with Crippen LogP contribution in [0.5, 0.6) is 5.88 Å². The van der Waals surface area contributed by atoms with Crippen LogP contribution < -0.4 is 10.5 Å². The summed E-state index contributed by atoms with van der Waals surface area (Å²) in [4.78, 5) is 12.4. The van der Waals surface area contributed by atoms with E-state index in [0.29, 0.717) is 29.8 Å². The molecule has 0 aliphatic carbocycles. The van der Waals surface area contributed by atoms with Gasteiger partial charge in [-0.15, -0.1) is 0 Å². The number of nitrogens with zero attached hydrogens (tertiary/aromatic N) is 4. The minimum absolute atomic E-state index is 0.409. The van der Waals surface area contributed by atoms with E-state index in [2.05, 4.69) is 20.1 Å². The van der Waals surface area contributed by atoms with Crippen LogP contribution in [0.3, 0.4) is 0 Å². The van der Waals surface area contributed by atoms with Gasteiger partial charge in [0.05, 0.1) is 7.11 Å². The van der Waals surface area contributed by atoms with Crippen LogP contribution in [0.4, 0.5) is 5.82 Å². The van der Waals surface area contributed by atoms with Crippen LogP contribution in [0.1, 0.15) is 11.4 Å². The van der Waals surface area contributed by atoms with Crippen LogP contribution in [-0.4, -0.2) is 27.2 Å². The summed E-state index contributed by atoms with van der Waals surface area (Å²) >= 11 is 0. The highest BCUT2D eigenvalue weighted by Crippen LogP contribution is 2.19. The summed E-state index contributed by atoms with van der Waals surface area (Å²) in [6, 6.07) is 7.15. The zero-order valence-electron chi connectivity index (χ0n) is 11.4. The molecule has 3 aromatic heterocycles. The molecule has 0 amide bonds. The third-order valence-corrected chi connectivity index (χ3v) is 2.87. The summed E-state index contributed by atoms with van der Waals surface area (Å²) < 4.78 is 10.2. The third-order valence-electron chi connectivity index (χ3n) is 2.87. The minimum atomic E-state index is 0.409. The Morgan fingerprint density at radius 3 is 2.86 bits per heavy atom. The number of rotatable bonds is 4. The van der Waals surface area contributed by atoms with Crippen molar-refractivity contribution in [3.05, 3.63) is 48.0 Å².